The maximum atomic E-state index is 13.1. The molecule has 2 heterocycles. The highest BCUT2D eigenvalue weighted by Crippen LogP contribution is 2.28. The van der Waals surface area contributed by atoms with Gasteiger partial charge >= 0.3 is 0 Å². The SMILES string of the molecule is COCCC[C@H]1CCCCN1S(=O)(=O)c1ccc(-n2cccn2)cc1. The van der Waals surface area contributed by atoms with Gasteiger partial charge in [0.05, 0.1) is 10.6 Å². The van der Waals surface area contributed by atoms with Crippen LogP contribution < -0.4 is 0 Å². The Bertz CT molecular complexity index is 757. The molecule has 1 aliphatic rings. The van der Waals surface area contributed by atoms with E-state index in [1.165, 1.54) is 0 Å². The highest BCUT2D eigenvalue weighted by molar-refractivity contribution is 7.89. The van der Waals surface area contributed by atoms with Crippen LogP contribution in [0.2, 0.25) is 0 Å². The number of piperidine rings is 1. The third-order valence-electron chi connectivity index (χ3n) is 4.67. The van der Waals surface area contributed by atoms with Crippen LogP contribution in [-0.4, -0.2) is 48.8 Å². The van der Waals surface area contributed by atoms with Crippen LogP contribution in [0.15, 0.2) is 47.6 Å². The summed E-state index contributed by atoms with van der Waals surface area (Å²) in [6.07, 6.45) is 8.19. The predicted molar refractivity (Wildman–Crippen MR) is 96.2 cm³/mol. The van der Waals surface area contributed by atoms with Crippen LogP contribution in [0.1, 0.15) is 32.1 Å². The second-order valence-corrected chi connectivity index (χ2v) is 8.24. The number of rotatable bonds is 7. The number of nitrogens with zero attached hydrogens (tertiary/aromatic N) is 3. The van der Waals surface area contributed by atoms with Crippen LogP contribution in [0.3, 0.4) is 0 Å². The Hall–Kier alpha value is -1.70. The minimum absolute atomic E-state index is 0.0692. The van der Waals surface area contributed by atoms with Gasteiger partial charge in [-0.05, 0) is 56.0 Å². The van der Waals surface area contributed by atoms with Gasteiger partial charge in [-0.15, -0.1) is 0 Å². The second kappa shape index (κ2) is 8.12. The summed E-state index contributed by atoms with van der Waals surface area (Å²) in [7, 11) is -1.79. The molecule has 136 valence electrons. The summed E-state index contributed by atoms with van der Waals surface area (Å²) >= 11 is 0. The maximum absolute atomic E-state index is 13.1. The first-order valence-electron chi connectivity index (χ1n) is 8.74. The fourth-order valence-corrected chi connectivity index (χ4v) is 5.09. The molecule has 0 N–H and O–H groups in total. The molecule has 3 rings (SSSR count). The van der Waals surface area contributed by atoms with E-state index < -0.39 is 10.0 Å². The highest BCUT2D eigenvalue weighted by atomic mass is 32.2. The van der Waals surface area contributed by atoms with Crippen LogP contribution in [0.25, 0.3) is 5.69 Å². The zero-order valence-electron chi connectivity index (χ0n) is 14.5. The van der Waals surface area contributed by atoms with Gasteiger partial charge in [0.25, 0.3) is 0 Å². The third-order valence-corrected chi connectivity index (χ3v) is 6.64. The number of hydrogen-bond acceptors (Lipinski definition) is 4. The molecule has 0 spiro atoms. The van der Waals surface area contributed by atoms with Crippen LogP contribution in [-0.2, 0) is 14.8 Å². The molecule has 0 aliphatic carbocycles. The summed E-state index contributed by atoms with van der Waals surface area (Å²) in [5, 5.41) is 4.17. The molecule has 0 saturated carbocycles. The van der Waals surface area contributed by atoms with Crippen molar-refractivity contribution in [2.24, 2.45) is 0 Å². The summed E-state index contributed by atoms with van der Waals surface area (Å²) in [6, 6.07) is 8.84. The van der Waals surface area contributed by atoms with Crippen LogP contribution in [0, 0.1) is 0 Å². The molecule has 6 nitrogen and oxygen atoms in total. The van der Waals surface area contributed by atoms with Crippen molar-refractivity contribution in [3.05, 3.63) is 42.7 Å². The van der Waals surface area contributed by atoms with Crippen molar-refractivity contribution in [1.82, 2.24) is 14.1 Å². The quantitative estimate of drug-likeness (QED) is 0.710. The van der Waals surface area contributed by atoms with Crippen molar-refractivity contribution in [3.8, 4) is 5.69 Å². The summed E-state index contributed by atoms with van der Waals surface area (Å²) in [5.41, 5.74) is 0.847. The molecule has 0 bridgehead atoms. The van der Waals surface area contributed by atoms with Crippen molar-refractivity contribution in [1.29, 1.82) is 0 Å². The molecule has 7 heteroatoms. The Morgan fingerprint density at radius 1 is 1.24 bits per heavy atom. The van der Waals surface area contributed by atoms with Gasteiger partial charge in [0.1, 0.15) is 0 Å². The Labute approximate surface area is 149 Å². The summed E-state index contributed by atoms with van der Waals surface area (Å²) in [6.45, 7) is 1.27. The van der Waals surface area contributed by atoms with Crippen molar-refractivity contribution < 1.29 is 13.2 Å². The first-order valence-corrected chi connectivity index (χ1v) is 10.2. The molecule has 0 amide bonds. The van der Waals surface area contributed by atoms with E-state index in [1.807, 2.05) is 12.3 Å². The molecule has 1 atom stereocenters. The topological polar surface area (TPSA) is 64.4 Å². The average Bonchev–Trinajstić information content (AvgIpc) is 3.17. The van der Waals surface area contributed by atoms with Crippen LogP contribution in [0.5, 0.6) is 0 Å². The molecule has 1 fully saturated rings. The average molecular weight is 363 g/mol. The van der Waals surface area contributed by atoms with E-state index in [4.69, 9.17) is 4.74 Å². The summed E-state index contributed by atoms with van der Waals surface area (Å²) < 4.78 is 34.7. The van der Waals surface area contributed by atoms with Gasteiger partial charge in [0.15, 0.2) is 0 Å². The van der Waals surface area contributed by atoms with Crippen LogP contribution in [0.4, 0.5) is 0 Å². The molecule has 1 saturated heterocycles. The smallest absolute Gasteiger partial charge is 0.243 e. The number of aromatic nitrogens is 2. The standard InChI is InChI=1S/C18H25N3O3S/c1-24-15-4-7-17-6-2-3-14-21(17)25(22,23)18-10-8-16(9-11-18)20-13-5-12-19-20/h5,8-13,17H,2-4,6-7,14-15H2,1H3/t17-/m1/s1. The lowest BCUT2D eigenvalue weighted by atomic mass is 10.0. The van der Waals surface area contributed by atoms with Crippen molar-refractivity contribution in [3.63, 3.8) is 0 Å². The normalized spacial score (nSPS) is 19.2. The largest absolute Gasteiger partial charge is 0.385 e. The first kappa shape index (κ1) is 18.1. The molecule has 1 aromatic heterocycles. The van der Waals surface area contributed by atoms with Gasteiger partial charge in [-0.1, -0.05) is 6.42 Å². The Balaban J connectivity index is 1.79. The molecular weight excluding hydrogens is 338 g/mol. The molecule has 0 unspecified atom stereocenters. The second-order valence-electron chi connectivity index (χ2n) is 6.34. The van der Waals surface area contributed by atoms with Crippen molar-refractivity contribution in [2.75, 3.05) is 20.3 Å². The molecule has 1 aromatic carbocycles. The van der Waals surface area contributed by atoms with E-state index in [1.54, 1.807) is 46.6 Å². The minimum Gasteiger partial charge on any atom is -0.385 e. The monoisotopic (exact) mass is 363 g/mol. The zero-order chi connectivity index (χ0) is 17.7. The van der Waals surface area contributed by atoms with Gasteiger partial charge in [0.2, 0.25) is 10.0 Å². The Morgan fingerprint density at radius 2 is 2.04 bits per heavy atom. The molecule has 25 heavy (non-hydrogen) atoms. The van der Waals surface area contributed by atoms with Gasteiger partial charge in [-0.3, -0.25) is 0 Å². The lowest BCUT2D eigenvalue weighted by molar-refractivity contribution is 0.172. The number of methoxy groups -OCH3 is 1. The summed E-state index contributed by atoms with van der Waals surface area (Å²) in [5.74, 6) is 0. The zero-order valence-corrected chi connectivity index (χ0v) is 15.4. The van der Waals surface area contributed by atoms with E-state index >= 15 is 0 Å². The van der Waals surface area contributed by atoms with Gasteiger partial charge in [0, 0.05) is 38.7 Å². The Kier molecular flexibility index (Phi) is 5.88. The van der Waals surface area contributed by atoms with E-state index in [-0.39, 0.29) is 6.04 Å². The number of benzene rings is 1. The minimum atomic E-state index is -3.47. The summed E-state index contributed by atoms with van der Waals surface area (Å²) in [4.78, 5) is 0.349. The van der Waals surface area contributed by atoms with Gasteiger partial charge < -0.3 is 4.74 Å². The lowest BCUT2D eigenvalue weighted by Gasteiger charge is -2.34. The lowest BCUT2D eigenvalue weighted by Crippen LogP contribution is -2.43. The molecule has 0 radical (unpaired) electrons. The van der Waals surface area contributed by atoms with E-state index in [2.05, 4.69) is 5.10 Å². The molecule has 2 aromatic rings. The molecular formula is C18H25N3O3S. The maximum Gasteiger partial charge on any atom is 0.243 e. The van der Waals surface area contributed by atoms with Crippen molar-refractivity contribution in [2.45, 2.75) is 43.0 Å². The third kappa shape index (κ3) is 4.11. The fourth-order valence-electron chi connectivity index (χ4n) is 3.37. The first-order chi connectivity index (χ1) is 12.1. The Morgan fingerprint density at radius 3 is 2.72 bits per heavy atom. The number of sulfonamides is 1. The van der Waals surface area contributed by atoms with Gasteiger partial charge in [-0.25, -0.2) is 13.1 Å². The number of ether oxygens (including phenoxy) is 1. The van der Waals surface area contributed by atoms with Gasteiger partial charge in [-0.2, -0.15) is 9.40 Å². The van der Waals surface area contributed by atoms with E-state index in [9.17, 15) is 8.42 Å². The molecule has 1 aliphatic heterocycles. The fraction of sp³-hybridized carbons (Fsp3) is 0.500. The van der Waals surface area contributed by atoms with Crippen molar-refractivity contribution >= 4 is 10.0 Å². The highest BCUT2D eigenvalue weighted by Gasteiger charge is 2.33. The van der Waals surface area contributed by atoms with E-state index in [0.29, 0.717) is 18.0 Å². The predicted octanol–water partition coefficient (Wildman–Crippen LogP) is 2.84. The van der Waals surface area contributed by atoms with Crippen LogP contribution >= 0.6 is 0 Å². The van der Waals surface area contributed by atoms with E-state index in [0.717, 1.165) is 37.8 Å². The number of hydrogen-bond donors (Lipinski definition) is 0.